The maximum atomic E-state index is 13.3. The topological polar surface area (TPSA) is 59.8 Å². The molecule has 150 valence electrons. The first-order chi connectivity index (χ1) is 14.5. The van der Waals surface area contributed by atoms with E-state index in [1.807, 2.05) is 67.1 Å². The van der Waals surface area contributed by atoms with Crippen LogP contribution in [0, 0.1) is 13.8 Å². The van der Waals surface area contributed by atoms with Gasteiger partial charge in [0.05, 0.1) is 22.3 Å². The van der Waals surface area contributed by atoms with Crippen LogP contribution in [0.25, 0.3) is 16.7 Å². The highest BCUT2D eigenvalue weighted by molar-refractivity contribution is 6.31. The first-order valence-electron chi connectivity index (χ1n) is 10.0. The van der Waals surface area contributed by atoms with Crippen molar-refractivity contribution in [2.24, 2.45) is 0 Å². The van der Waals surface area contributed by atoms with Crippen LogP contribution in [0.1, 0.15) is 46.1 Å². The standard InChI is InChI=1S/C24H21ClN4O/c1-14-8-11-17(12-20(14)25)26-24(30)19-13-21(16-9-10-16)27-23-22(19)15(2)28-29(23)18-6-4-3-5-7-18/h3-8,11-13,16H,9-10H2,1-2H3,(H,26,30). The zero-order valence-corrected chi connectivity index (χ0v) is 17.6. The van der Waals surface area contributed by atoms with E-state index < -0.39 is 0 Å². The Bertz CT molecular complexity index is 1280. The molecule has 1 fully saturated rings. The van der Waals surface area contributed by atoms with Crippen LogP contribution in [0.3, 0.4) is 0 Å². The highest BCUT2D eigenvalue weighted by atomic mass is 35.5. The molecule has 6 heteroatoms. The van der Waals surface area contributed by atoms with Gasteiger partial charge in [0.15, 0.2) is 5.65 Å². The number of nitrogens with one attached hydrogen (secondary N) is 1. The number of amides is 1. The van der Waals surface area contributed by atoms with Gasteiger partial charge in [0, 0.05) is 22.3 Å². The van der Waals surface area contributed by atoms with Gasteiger partial charge in [-0.2, -0.15) is 5.10 Å². The maximum absolute atomic E-state index is 13.3. The minimum atomic E-state index is -0.181. The lowest BCUT2D eigenvalue weighted by molar-refractivity contribution is 0.102. The fourth-order valence-corrected chi connectivity index (χ4v) is 3.87. The number of carbonyl (C=O) groups excluding carboxylic acids is 1. The van der Waals surface area contributed by atoms with Crippen LogP contribution in [0.15, 0.2) is 54.6 Å². The molecular weight excluding hydrogens is 396 g/mol. The van der Waals surface area contributed by atoms with Crippen molar-refractivity contribution in [2.45, 2.75) is 32.6 Å². The lowest BCUT2D eigenvalue weighted by atomic mass is 10.1. The Morgan fingerprint density at radius 1 is 1.10 bits per heavy atom. The van der Waals surface area contributed by atoms with Crippen LogP contribution in [-0.2, 0) is 0 Å². The predicted molar refractivity (Wildman–Crippen MR) is 120 cm³/mol. The molecule has 30 heavy (non-hydrogen) atoms. The summed E-state index contributed by atoms with van der Waals surface area (Å²) in [6.45, 7) is 3.85. The fourth-order valence-electron chi connectivity index (χ4n) is 3.69. The molecule has 0 unspecified atom stereocenters. The number of benzene rings is 2. The molecule has 0 bridgehead atoms. The number of aryl methyl sites for hydroxylation is 2. The quantitative estimate of drug-likeness (QED) is 0.456. The molecule has 1 N–H and O–H groups in total. The third-order valence-electron chi connectivity index (χ3n) is 5.50. The number of nitrogens with zero attached hydrogens (tertiary/aromatic N) is 3. The van der Waals surface area contributed by atoms with Crippen LogP contribution in [0.2, 0.25) is 5.02 Å². The summed E-state index contributed by atoms with van der Waals surface area (Å²) in [5, 5.41) is 9.10. The number of para-hydroxylation sites is 1. The molecular formula is C24H21ClN4O. The molecule has 5 rings (SSSR count). The van der Waals surface area contributed by atoms with E-state index in [1.165, 1.54) is 0 Å². The predicted octanol–water partition coefficient (Wildman–Crippen LogP) is 5.82. The lowest BCUT2D eigenvalue weighted by Gasteiger charge is -2.10. The summed E-state index contributed by atoms with van der Waals surface area (Å²) in [5.41, 5.74) is 5.60. The molecule has 1 aliphatic rings. The van der Waals surface area contributed by atoms with Gasteiger partial charge in [-0.1, -0.05) is 35.9 Å². The van der Waals surface area contributed by atoms with Crippen LogP contribution in [0.4, 0.5) is 5.69 Å². The second kappa shape index (κ2) is 7.26. The molecule has 2 aromatic heterocycles. The lowest BCUT2D eigenvalue weighted by Crippen LogP contribution is -2.14. The summed E-state index contributed by atoms with van der Waals surface area (Å²) in [6, 6.07) is 17.3. The molecule has 4 aromatic rings. The number of pyridine rings is 1. The molecule has 0 radical (unpaired) electrons. The number of aromatic nitrogens is 3. The molecule has 2 aromatic carbocycles. The second-order valence-electron chi connectivity index (χ2n) is 7.82. The number of carbonyl (C=O) groups is 1. The Kier molecular flexibility index (Phi) is 4.55. The summed E-state index contributed by atoms with van der Waals surface area (Å²) in [7, 11) is 0. The number of fused-ring (bicyclic) bond motifs is 1. The van der Waals surface area contributed by atoms with E-state index in [-0.39, 0.29) is 5.91 Å². The molecule has 5 nitrogen and oxygen atoms in total. The van der Waals surface area contributed by atoms with E-state index in [9.17, 15) is 4.79 Å². The van der Waals surface area contributed by atoms with Crippen molar-refractivity contribution >= 4 is 34.2 Å². The molecule has 0 spiro atoms. The van der Waals surface area contributed by atoms with Crippen molar-refractivity contribution in [3.63, 3.8) is 0 Å². The highest BCUT2D eigenvalue weighted by Crippen LogP contribution is 2.41. The van der Waals surface area contributed by atoms with Gasteiger partial charge >= 0.3 is 0 Å². The van der Waals surface area contributed by atoms with Gasteiger partial charge in [0.25, 0.3) is 5.91 Å². The number of anilines is 1. The van der Waals surface area contributed by atoms with E-state index in [2.05, 4.69) is 5.32 Å². The molecule has 1 aliphatic carbocycles. The Morgan fingerprint density at radius 3 is 2.57 bits per heavy atom. The monoisotopic (exact) mass is 416 g/mol. The van der Waals surface area contributed by atoms with Gasteiger partial charge in [-0.05, 0) is 62.6 Å². The van der Waals surface area contributed by atoms with Crippen molar-refractivity contribution in [3.05, 3.63) is 82.1 Å². The SMILES string of the molecule is Cc1ccc(NC(=O)c2cc(C3CC3)nc3c2c(C)nn3-c2ccccc2)cc1Cl. The fraction of sp³-hybridized carbons (Fsp3) is 0.208. The average molecular weight is 417 g/mol. The number of hydrogen-bond donors (Lipinski definition) is 1. The van der Waals surface area contributed by atoms with E-state index in [0.29, 0.717) is 22.2 Å². The highest BCUT2D eigenvalue weighted by Gasteiger charge is 2.29. The van der Waals surface area contributed by atoms with Gasteiger partial charge < -0.3 is 5.32 Å². The minimum absolute atomic E-state index is 0.181. The van der Waals surface area contributed by atoms with Crippen molar-refractivity contribution in [3.8, 4) is 5.69 Å². The maximum Gasteiger partial charge on any atom is 0.256 e. The molecule has 2 heterocycles. The van der Waals surface area contributed by atoms with Crippen molar-refractivity contribution < 1.29 is 4.79 Å². The third kappa shape index (κ3) is 3.35. The van der Waals surface area contributed by atoms with Crippen LogP contribution in [0.5, 0.6) is 0 Å². The zero-order valence-electron chi connectivity index (χ0n) is 16.8. The van der Waals surface area contributed by atoms with Crippen LogP contribution < -0.4 is 5.32 Å². The van der Waals surface area contributed by atoms with E-state index in [4.69, 9.17) is 21.7 Å². The summed E-state index contributed by atoms with van der Waals surface area (Å²) in [6.07, 6.45) is 2.21. The van der Waals surface area contributed by atoms with Crippen molar-refractivity contribution in [2.75, 3.05) is 5.32 Å². The van der Waals surface area contributed by atoms with Crippen LogP contribution in [-0.4, -0.2) is 20.7 Å². The Balaban J connectivity index is 1.64. The smallest absolute Gasteiger partial charge is 0.256 e. The van der Waals surface area contributed by atoms with Gasteiger partial charge in [-0.3, -0.25) is 4.79 Å². The number of halogens is 1. The van der Waals surface area contributed by atoms with Gasteiger partial charge in [0.2, 0.25) is 0 Å². The number of rotatable bonds is 4. The number of hydrogen-bond acceptors (Lipinski definition) is 3. The summed E-state index contributed by atoms with van der Waals surface area (Å²) < 4.78 is 1.83. The molecule has 1 saturated carbocycles. The second-order valence-corrected chi connectivity index (χ2v) is 8.23. The van der Waals surface area contributed by atoms with Gasteiger partial charge in [0.1, 0.15) is 0 Å². The summed E-state index contributed by atoms with van der Waals surface area (Å²) in [5.74, 6) is 0.231. The molecule has 0 atom stereocenters. The molecule has 0 aliphatic heterocycles. The average Bonchev–Trinajstić information content (AvgIpc) is 3.55. The Morgan fingerprint density at radius 2 is 1.87 bits per heavy atom. The Hall–Kier alpha value is -3.18. The first kappa shape index (κ1) is 18.8. The van der Waals surface area contributed by atoms with Gasteiger partial charge in [-0.15, -0.1) is 0 Å². The van der Waals surface area contributed by atoms with E-state index in [1.54, 1.807) is 6.07 Å². The van der Waals surface area contributed by atoms with Crippen molar-refractivity contribution in [1.82, 2.24) is 14.8 Å². The Labute approximate surface area is 179 Å². The zero-order chi connectivity index (χ0) is 20.8. The molecule has 1 amide bonds. The van der Waals surface area contributed by atoms with Gasteiger partial charge in [-0.25, -0.2) is 9.67 Å². The largest absolute Gasteiger partial charge is 0.322 e. The minimum Gasteiger partial charge on any atom is -0.322 e. The molecule has 0 saturated heterocycles. The van der Waals surface area contributed by atoms with E-state index in [0.717, 1.165) is 46.5 Å². The summed E-state index contributed by atoms with van der Waals surface area (Å²) in [4.78, 5) is 18.2. The van der Waals surface area contributed by atoms with Crippen LogP contribution >= 0.6 is 11.6 Å². The first-order valence-corrected chi connectivity index (χ1v) is 10.4. The summed E-state index contributed by atoms with van der Waals surface area (Å²) >= 11 is 6.24. The van der Waals surface area contributed by atoms with Crippen molar-refractivity contribution in [1.29, 1.82) is 0 Å². The third-order valence-corrected chi connectivity index (χ3v) is 5.91. The normalized spacial score (nSPS) is 13.6. The van der Waals surface area contributed by atoms with E-state index >= 15 is 0 Å².